The minimum atomic E-state index is -1.88. The lowest BCUT2D eigenvalue weighted by Crippen LogP contribution is -2.43. The van der Waals surface area contributed by atoms with E-state index < -0.39 is 8.32 Å². The van der Waals surface area contributed by atoms with Gasteiger partial charge in [-0.25, -0.2) is 4.98 Å². The van der Waals surface area contributed by atoms with Gasteiger partial charge in [-0.05, 0) is 61.8 Å². The van der Waals surface area contributed by atoms with Crippen LogP contribution in [0.1, 0.15) is 38.8 Å². The third kappa shape index (κ3) is 7.21. The minimum Gasteiger partial charge on any atom is -0.508 e. The maximum Gasteiger partial charge on any atom is 0.220 e. The Hall–Kier alpha value is -3.10. The molecule has 0 spiro atoms. The lowest BCUT2D eigenvalue weighted by Gasteiger charge is -2.36. The Morgan fingerprint density at radius 2 is 1.72 bits per heavy atom. The molecule has 3 aromatic rings. The van der Waals surface area contributed by atoms with Crippen molar-refractivity contribution in [2.75, 3.05) is 13.7 Å². The number of rotatable bonds is 10. The molecule has 0 aliphatic carbocycles. The summed E-state index contributed by atoms with van der Waals surface area (Å²) in [7, 11) is -0.240. The lowest BCUT2D eigenvalue weighted by molar-refractivity contribution is 0.134. The van der Waals surface area contributed by atoms with Crippen molar-refractivity contribution in [3.05, 3.63) is 59.8 Å². The summed E-state index contributed by atoms with van der Waals surface area (Å²) in [5.41, 5.74) is 2.45. The zero-order valence-corrected chi connectivity index (χ0v) is 23.6. The second kappa shape index (κ2) is 11.3. The van der Waals surface area contributed by atoms with Gasteiger partial charge >= 0.3 is 0 Å². The average Bonchev–Trinajstić information content (AvgIpc) is 2.81. The summed E-state index contributed by atoms with van der Waals surface area (Å²) < 4.78 is 23.5. The second-order valence-corrected chi connectivity index (χ2v) is 15.3. The van der Waals surface area contributed by atoms with Crippen LogP contribution in [0.3, 0.4) is 0 Å². The first kappa shape index (κ1) is 27.5. The van der Waals surface area contributed by atoms with E-state index in [1.54, 1.807) is 25.4 Å². The van der Waals surface area contributed by atoms with Crippen LogP contribution in [0.4, 0.5) is 0 Å². The number of aryl methyl sites for hydroxylation is 1. The van der Waals surface area contributed by atoms with Gasteiger partial charge < -0.3 is 23.7 Å². The summed E-state index contributed by atoms with van der Waals surface area (Å²) in [6.45, 7) is 15.8. The molecular weight excluding hydrogens is 472 g/mol. The lowest BCUT2D eigenvalue weighted by atomic mass is 10.2. The Labute approximate surface area is 215 Å². The third-order valence-electron chi connectivity index (χ3n) is 6.43. The standard InChI is InChI=1S/C28H38N2O5Si/c1-19-16-29-26(30-27(19)33-18-21-9-11-24(32-6)12-10-21)22-13-23(31)15-25(14-22)35-20(2)17-34-36(7,8)28(3,4)5/h9-16,20,31H,17-18H2,1-8H3. The zero-order chi connectivity index (χ0) is 26.5. The van der Waals surface area contributed by atoms with Gasteiger partial charge in [-0.3, -0.25) is 0 Å². The van der Waals surface area contributed by atoms with Gasteiger partial charge in [-0.1, -0.05) is 32.9 Å². The van der Waals surface area contributed by atoms with E-state index in [-0.39, 0.29) is 16.9 Å². The van der Waals surface area contributed by atoms with Crippen molar-refractivity contribution >= 4 is 8.32 Å². The maximum atomic E-state index is 10.4. The molecule has 1 heterocycles. The highest BCUT2D eigenvalue weighted by molar-refractivity contribution is 6.74. The molecular formula is C28H38N2O5Si. The number of aromatic hydroxyl groups is 1. The van der Waals surface area contributed by atoms with Gasteiger partial charge in [0.05, 0.1) is 13.7 Å². The normalized spacial score (nSPS) is 12.8. The van der Waals surface area contributed by atoms with E-state index in [4.69, 9.17) is 18.6 Å². The minimum absolute atomic E-state index is 0.0740. The molecule has 0 saturated heterocycles. The van der Waals surface area contributed by atoms with E-state index in [2.05, 4.69) is 43.8 Å². The third-order valence-corrected chi connectivity index (χ3v) is 10.9. The molecule has 194 valence electrons. The smallest absolute Gasteiger partial charge is 0.220 e. The number of ether oxygens (including phenoxy) is 3. The van der Waals surface area contributed by atoms with Gasteiger partial charge in [0, 0.05) is 23.4 Å². The topological polar surface area (TPSA) is 82.9 Å². The first-order valence-corrected chi connectivity index (χ1v) is 15.0. The summed E-state index contributed by atoms with van der Waals surface area (Å²) in [4.78, 5) is 9.05. The number of benzene rings is 2. The summed E-state index contributed by atoms with van der Waals surface area (Å²) in [6.07, 6.45) is 1.53. The Balaban J connectivity index is 1.72. The van der Waals surface area contributed by atoms with Crippen molar-refractivity contribution in [1.82, 2.24) is 9.97 Å². The molecule has 0 bridgehead atoms. The van der Waals surface area contributed by atoms with E-state index >= 15 is 0 Å². The first-order valence-electron chi connectivity index (χ1n) is 12.1. The van der Waals surface area contributed by atoms with E-state index in [0.717, 1.165) is 16.9 Å². The van der Waals surface area contributed by atoms with Crippen LogP contribution in [0.5, 0.6) is 23.1 Å². The Morgan fingerprint density at radius 1 is 1.03 bits per heavy atom. The van der Waals surface area contributed by atoms with Crippen LogP contribution in [0.15, 0.2) is 48.7 Å². The predicted octanol–water partition coefficient (Wildman–Crippen LogP) is 6.53. The molecule has 0 radical (unpaired) electrons. The van der Waals surface area contributed by atoms with E-state index in [9.17, 15) is 5.11 Å². The second-order valence-electron chi connectivity index (χ2n) is 10.5. The van der Waals surface area contributed by atoms with Crippen LogP contribution >= 0.6 is 0 Å². The van der Waals surface area contributed by atoms with Gasteiger partial charge in [0.15, 0.2) is 14.1 Å². The van der Waals surface area contributed by atoms with Gasteiger partial charge in [0.25, 0.3) is 0 Å². The van der Waals surface area contributed by atoms with Crippen molar-refractivity contribution in [3.63, 3.8) is 0 Å². The molecule has 2 aromatic carbocycles. The first-order chi connectivity index (χ1) is 16.9. The van der Waals surface area contributed by atoms with Gasteiger partial charge in [0.1, 0.15) is 30.0 Å². The molecule has 7 nitrogen and oxygen atoms in total. The molecule has 0 aliphatic rings. The van der Waals surface area contributed by atoms with Gasteiger partial charge in [0.2, 0.25) is 5.88 Å². The molecule has 0 fully saturated rings. The SMILES string of the molecule is COc1ccc(COc2nc(-c3cc(O)cc(OC(C)CO[Si](C)(C)C(C)(C)C)c3)ncc2C)cc1. The van der Waals surface area contributed by atoms with Crippen LogP contribution in [0, 0.1) is 6.92 Å². The molecule has 0 aliphatic heterocycles. The number of phenolic OH excluding ortho intramolecular Hbond substituents is 1. The average molecular weight is 511 g/mol. The molecule has 1 atom stereocenters. The number of hydrogen-bond acceptors (Lipinski definition) is 7. The molecule has 8 heteroatoms. The Kier molecular flexibility index (Phi) is 8.63. The van der Waals surface area contributed by atoms with Crippen LogP contribution in [0.25, 0.3) is 11.4 Å². The number of phenols is 1. The van der Waals surface area contributed by atoms with Crippen molar-refractivity contribution in [2.24, 2.45) is 0 Å². The van der Waals surface area contributed by atoms with Crippen molar-refractivity contribution < 1.29 is 23.7 Å². The van der Waals surface area contributed by atoms with Crippen molar-refractivity contribution in [3.8, 4) is 34.5 Å². The summed E-state index contributed by atoms with van der Waals surface area (Å²) in [6, 6.07) is 12.7. The fourth-order valence-corrected chi connectivity index (χ4v) is 4.26. The van der Waals surface area contributed by atoms with Crippen LogP contribution in [0.2, 0.25) is 18.1 Å². The fourth-order valence-electron chi connectivity index (χ4n) is 3.17. The number of nitrogens with zero attached hydrogens (tertiary/aromatic N) is 2. The highest BCUT2D eigenvalue weighted by Crippen LogP contribution is 2.37. The maximum absolute atomic E-state index is 10.4. The number of hydrogen-bond donors (Lipinski definition) is 1. The molecule has 36 heavy (non-hydrogen) atoms. The van der Waals surface area contributed by atoms with Crippen LogP contribution < -0.4 is 14.2 Å². The Morgan fingerprint density at radius 3 is 2.36 bits per heavy atom. The number of aromatic nitrogens is 2. The summed E-state index contributed by atoms with van der Waals surface area (Å²) in [5.74, 6) is 2.32. The van der Waals surface area contributed by atoms with Gasteiger partial charge in [-0.2, -0.15) is 4.98 Å². The fraction of sp³-hybridized carbons (Fsp3) is 0.429. The quantitative estimate of drug-likeness (QED) is 0.310. The van der Waals surface area contributed by atoms with E-state index in [0.29, 0.717) is 36.2 Å². The monoisotopic (exact) mass is 510 g/mol. The molecule has 0 amide bonds. The molecule has 1 unspecified atom stereocenters. The highest BCUT2D eigenvalue weighted by Gasteiger charge is 2.37. The van der Waals surface area contributed by atoms with Crippen LogP contribution in [-0.2, 0) is 11.0 Å². The van der Waals surface area contributed by atoms with Crippen molar-refractivity contribution in [1.29, 1.82) is 0 Å². The molecule has 1 N–H and O–H groups in total. The summed E-state index contributed by atoms with van der Waals surface area (Å²) in [5, 5.41) is 10.5. The Bertz CT molecular complexity index is 1160. The summed E-state index contributed by atoms with van der Waals surface area (Å²) >= 11 is 0. The van der Waals surface area contributed by atoms with Crippen LogP contribution in [-0.4, -0.2) is 43.2 Å². The number of methoxy groups -OCH3 is 1. The van der Waals surface area contributed by atoms with Gasteiger partial charge in [-0.15, -0.1) is 0 Å². The van der Waals surface area contributed by atoms with E-state index in [1.165, 1.54) is 0 Å². The predicted molar refractivity (Wildman–Crippen MR) is 144 cm³/mol. The highest BCUT2D eigenvalue weighted by atomic mass is 28.4. The zero-order valence-electron chi connectivity index (χ0n) is 22.6. The van der Waals surface area contributed by atoms with E-state index in [1.807, 2.05) is 44.2 Å². The molecule has 0 saturated carbocycles. The van der Waals surface area contributed by atoms with Crippen molar-refractivity contribution in [2.45, 2.75) is 65.5 Å². The molecule has 3 rings (SSSR count). The molecule has 1 aromatic heterocycles. The largest absolute Gasteiger partial charge is 0.508 e.